The monoisotopic (exact) mass is 364 g/mol. The van der Waals surface area contributed by atoms with Crippen molar-refractivity contribution < 1.29 is 13.2 Å². The van der Waals surface area contributed by atoms with Gasteiger partial charge in [-0.15, -0.1) is 0 Å². The van der Waals surface area contributed by atoms with E-state index in [-0.39, 0.29) is 16.5 Å². The molecule has 5 nitrogen and oxygen atoms in total. The molecule has 1 aromatic rings. The van der Waals surface area contributed by atoms with Gasteiger partial charge >= 0.3 is 0 Å². The van der Waals surface area contributed by atoms with E-state index in [1.54, 1.807) is 19.2 Å². The van der Waals surface area contributed by atoms with Crippen LogP contribution in [0.1, 0.15) is 27.2 Å². The van der Waals surface area contributed by atoms with Crippen molar-refractivity contribution in [2.45, 2.75) is 38.3 Å². The van der Waals surface area contributed by atoms with Crippen molar-refractivity contribution >= 4 is 26.0 Å². The minimum Gasteiger partial charge on any atom is -0.383 e. The van der Waals surface area contributed by atoms with Gasteiger partial charge < -0.3 is 4.74 Å². The van der Waals surface area contributed by atoms with Gasteiger partial charge in [-0.05, 0) is 39.9 Å². The highest BCUT2D eigenvalue weighted by Gasteiger charge is 2.26. The molecule has 0 aliphatic rings. The summed E-state index contributed by atoms with van der Waals surface area (Å²) >= 11 is 3.21. The fourth-order valence-corrected chi connectivity index (χ4v) is 4.04. The maximum absolute atomic E-state index is 12.4. The molecule has 0 aromatic carbocycles. The second-order valence-electron chi connectivity index (χ2n) is 5.83. The number of nitrogens with one attached hydrogen (secondary N) is 1. The lowest BCUT2D eigenvalue weighted by Gasteiger charge is -2.26. The lowest BCUT2D eigenvalue weighted by atomic mass is 9.89. The second kappa shape index (κ2) is 6.98. The molecule has 20 heavy (non-hydrogen) atoms. The van der Waals surface area contributed by atoms with E-state index in [1.165, 1.54) is 6.20 Å². The topological polar surface area (TPSA) is 68.3 Å². The maximum atomic E-state index is 12.4. The normalized spacial score (nSPS) is 14.2. The Kier molecular flexibility index (Phi) is 6.12. The predicted octanol–water partition coefficient (Wildman–Crippen LogP) is 2.57. The van der Waals surface area contributed by atoms with Crippen LogP contribution in [0.5, 0.6) is 0 Å². The Hall–Kier alpha value is -0.500. The van der Waals surface area contributed by atoms with Crippen molar-refractivity contribution in [1.29, 1.82) is 0 Å². The summed E-state index contributed by atoms with van der Waals surface area (Å²) in [4.78, 5) is 3.92. The number of methoxy groups -OCH3 is 1. The Labute approximate surface area is 129 Å². The van der Waals surface area contributed by atoms with Crippen LogP contribution in [0.15, 0.2) is 27.8 Å². The molecule has 0 fully saturated rings. The first-order chi connectivity index (χ1) is 9.15. The van der Waals surface area contributed by atoms with E-state index >= 15 is 0 Å². The molecule has 0 bridgehead atoms. The zero-order chi connectivity index (χ0) is 15.4. The van der Waals surface area contributed by atoms with Crippen LogP contribution in [0.4, 0.5) is 0 Å². The predicted molar refractivity (Wildman–Crippen MR) is 82.0 cm³/mol. The van der Waals surface area contributed by atoms with Gasteiger partial charge in [0, 0.05) is 19.3 Å². The summed E-state index contributed by atoms with van der Waals surface area (Å²) in [6.45, 7) is 6.49. The molecule has 0 saturated carbocycles. The summed E-state index contributed by atoms with van der Waals surface area (Å²) < 4.78 is 32.9. The second-order valence-corrected chi connectivity index (χ2v) is 8.31. The Bertz CT molecular complexity index is 541. The first-order valence-electron chi connectivity index (χ1n) is 6.27. The standard InChI is InChI=1S/C13H21BrN2O3S/c1-13(2,3)8-10(9-19-4)16-20(17,18)12-11(14)6-5-7-15-12/h5-7,10,16H,8-9H2,1-4H3. The molecule has 0 radical (unpaired) electrons. The number of aromatic nitrogens is 1. The van der Waals surface area contributed by atoms with Crippen LogP contribution in [0.25, 0.3) is 0 Å². The van der Waals surface area contributed by atoms with E-state index < -0.39 is 10.0 Å². The van der Waals surface area contributed by atoms with E-state index in [0.717, 1.165) is 0 Å². The van der Waals surface area contributed by atoms with Crippen LogP contribution in [0, 0.1) is 5.41 Å². The highest BCUT2D eigenvalue weighted by molar-refractivity contribution is 9.10. The highest BCUT2D eigenvalue weighted by Crippen LogP contribution is 2.23. The van der Waals surface area contributed by atoms with Gasteiger partial charge in [0.15, 0.2) is 5.03 Å². The van der Waals surface area contributed by atoms with Crippen molar-refractivity contribution in [2.75, 3.05) is 13.7 Å². The van der Waals surface area contributed by atoms with E-state index in [4.69, 9.17) is 4.74 Å². The summed E-state index contributed by atoms with van der Waals surface area (Å²) in [7, 11) is -2.12. The van der Waals surface area contributed by atoms with Crippen LogP contribution in [-0.2, 0) is 14.8 Å². The molecule has 0 aliphatic heterocycles. The van der Waals surface area contributed by atoms with Gasteiger partial charge in [0.2, 0.25) is 0 Å². The summed E-state index contributed by atoms with van der Waals surface area (Å²) in [5.74, 6) is 0. The number of hydrogen-bond donors (Lipinski definition) is 1. The molecule has 1 heterocycles. The Balaban J connectivity index is 2.95. The summed E-state index contributed by atoms with van der Waals surface area (Å²) in [5.41, 5.74) is -0.00688. The average molecular weight is 365 g/mol. The van der Waals surface area contributed by atoms with Crippen molar-refractivity contribution in [1.82, 2.24) is 9.71 Å². The number of rotatable bonds is 6. The zero-order valence-corrected chi connectivity index (χ0v) is 14.6. The van der Waals surface area contributed by atoms with Gasteiger partial charge in [0.05, 0.1) is 11.1 Å². The Morgan fingerprint density at radius 3 is 2.60 bits per heavy atom. The molecule has 1 atom stereocenters. The van der Waals surface area contributed by atoms with Gasteiger partial charge in [-0.3, -0.25) is 0 Å². The molecule has 0 aliphatic carbocycles. The molecule has 1 aromatic heterocycles. The number of sulfonamides is 1. The third kappa shape index (κ3) is 5.47. The highest BCUT2D eigenvalue weighted by atomic mass is 79.9. The molecular weight excluding hydrogens is 344 g/mol. The van der Waals surface area contributed by atoms with Gasteiger partial charge in [0.25, 0.3) is 10.0 Å². The van der Waals surface area contributed by atoms with Gasteiger partial charge in [0.1, 0.15) is 0 Å². The van der Waals surface area contributed by atoms with Crippen molar-refractivity contribution in [3.8, 4) is 0 Å². The number of pyridine rings is 1. The smallest absolute Gasteiger partial charge is 0.259 e. The molecule has 0 amide bonds. The lowest BCUT2D eigenvalue weighted by Crippen LogP contribution is -2.40. The third-order valence-electron chi connectivity index (χ3n) is 2.53. The van der Waals surface area contributed by atoms with Crippen LogP contribution >= 0.6 is 15.9 Å². The Morgan fingerprint density at radius 2 is 2.10 bits per heavy atom. The fourth-order valence-electron chi connectivity index (χ4n) is 1.92. The molecule has 1 N–H and O–H groups in total. The van der Waals surface area contributed by atoms with Crippen LogP contribution in [0.2, 0.25) is 0 Å². The zero-order valence-electron chi connectivity index (χ0n) is 12.2. The van der Waals surface area contributed by atoms with Crippen molar-refractivity contribution in [2.24, 2.45) is 5.41 Å². The molecule has 1 rings (SSSR count). The molecular formula is C13H21BrN2O3S. The van der Waals surface area contributed by atoms with E-state index in [9.17, 15) is 8.42 Å². The van der Waals surface area contributed by atoms with E-state index in [1.807, 2.05) is 0 Å². The summed E-state index contributed by atoms with van der Waals surface area (Å²) in [6.07, 6.45) is 2.12. The quantitative estimate of drug-likeness (QED) is 0.841. The number of halogens is 1. The SMILES string of the molecule is COCC(CC(C)(C)C)NS(=O)(=O)c1ncccc1Br. The minimum absolute atomic E-state index is 0.00462. The first-order valence-corrected chi connectivity index (χ1v) is 8.55. The van der Waals surface area contributed by atoms with E-state index in [2.05, 4.69) is 46.4 Å². The summed E-state index contributed by atoms with van der Waals surface area (Å²) in [6, 6.07) is 3.03. The maximum Gasteiger partial charge on any atom is 0.259 e. The molecule has 0 spiro atoms. The molecule has 114 valence electrons. The van der Waals surface area contributed by atoms with E-state index in [0.29, 0.717) is 17.5 Å². The largest absolute Gasteiger partial charge is 0.383 e. The number of hydrogen-bond acceptors (Lipinski definition) is 4. The lowest BCUT2D eigenvalue weighted by molar-refractivity contribution is 0.153. The van der Waals surface area contributed by atoms with Crippen molar-refractivity contribution in [3.05, 3.63) is 22.8 Å². The molecule has 0 saturated heterocycles. The van der Waals surface area contributed by atoms with Gasteiger partial charge in [-0.2, -0.15) is 0 Å². The van der Waals surface area contributed by atoms with Crippen LogP contribution in [0.3, 0.4) is 0 Å². The third-order valence-corrected chi connectivity index (χ3v) is 4.91. The Morgan fingerprint density at radius 1 is 1.45 bits per heavy atom. The van der Waals surface area contributed by atoms with Crippen molar-refractivity contribution in [3.63, 3.8) is 0 Å². The molecule has 1 unspecified atom stereocenters. The number of ether oxygens (including phenoxy) is 1. The van der Waals surface area contributed by atoms with Crippen LogP contribution in [-0.4, -0.2) is 33.2 Å². The summed E-state index contributed by atoms with van der Waals surface area (Å²) in [5, 5.41) is -0.00462. The van der Waals surface area contributed by atoms with Crippen LogP contribution < -0.4 is 4.72 Å². The first kappa shape index (κ1) is 17.6. The minimum atomic E-state index is -3.67. The fraction of sp³-hybridized carbons (Fsp3) is 0.615. The molecule has 7 heteroatoms. The number of nitrogens with zero attached hydrogens (tertiary/aromatic N) is 1. The van der Waals surface area contributed by atoms with Gasteiger partial charge in [-0.25, -0.2) is 18.1 Å². The average Bonchev–Trinajstić information content (AvgIpc) is 2.26. The van der Waals surface area contributed by atoms with Gasteiger partial charge in [-0.1, -0.05) is 20.8 Å².